The van der Waals surface area contributed by atoms with E-state index in [4.69, 9.17) is 9.15 Å². The predicted octanol–water partition coefficient (Wildman–Crippen LogP) is 6.07. The quantitative estimate of drug-likeness (QED) is 0.426. The number of methoxy groups -OCH3 is 1. The Hall–Kier alpha value is -3.81. The number of oxazole rings is 1. The van der Waals surface area contributed by atoms with E-state index in [2.05, 4.69) is 28.6 Å². The van der Waals surface area contributed by atoms with Crippen LogP contribution >= 0.6 is 0 Å². The zero-order chi connectivity index (χ0) is 26.1. The first-order chi connectivity index (χ1) is 17.9. The first-order valence-electron chi connectivity index (χ1n) is 13.0. The van der Waals surface area contributed by atoms with Crippen molar-refractivity contribution >= 4 is 23.3 Å². The highest BCUT2D eigenvalue weighted by molar-refractivity contribution is 5.94. The Morgan fingerprint density at radius 1 is 1.16 bits per heavy atom. The number of aryl methyl sites for hydroxylation is 3. The van der Waals surface area contributed by atoms with Crippen LogP contribution in [0.15, 0.2) is 41.1 Å². The summed E-state index contributed by atoms with van der Waals surface area (Å²) < 4.78 is 11.0. The van der Waals surface area contributed by atoms with Gasteiger partial charge in [0.05, 0.1) is 19.3 Å². The molecule has 1 aliphatic carbocycles. The molecule has 1 saturated carbocycles. The van der Waals surface area contributed by atoms with Crippen LogP contribution in [0.4, 0.5) is 16.2 Å². The van der Waals surface area contributed by atoms with E-state index in [-0.39, 0.29) is 23.9 Å². The van der Waals surface area contributed by atoms with Gasteiger partial charge in [0.15, 0.2) is 12.2 Å². The molecule has 5 rings (SSSR count). The summed E-state index contributed by atoms with van der Waals surface area (Å²) in [6.45, 7) is 6.65. The third-order valence-corrected chi connectivity index (χ3v) is 7.73. The van der Waals surface area contributed by atoms with Crippen LogP contribution in [0.3, 0.4) is 0 Å². The lowest BCUT2D eigenvalue weighted by atomic mass is 9.84. The van der Waals surface area contributed by atoms with Crippen molar-refractivity contribution in [3.05, 3.63) is 59.1 Å². The summed E-state index contributed by atoms with van der Waals surface area (Å²) in [5.41, 5.74) is 6.66. The van der Waals surface area contributed by atoms with Crippen molar-refractivity contribution in [3.8, 4) is 17.1 Å². The monoisotopic (exact) mass is 502 g/mol. The van der Waals surface area contributed by atoms with Gasteiger partial charge in [-0.15, -0.1) is 0 Å². The molecule has 0 saturated heterocycles. The Balaban J connectivity index is 1.23. The normalized spacial score (nSPS) is 19.2. The zero-order valence-corrected chi connectivity index (χ0v) is 21.9. The second-order valence-electron chi connectivity index (χ2n) is 10.0. The first-order valence-corrected chi connectivity index (χ1v) is 13.0. The van der Waals surface area contributed by atoms with Crippen molar-refractivity contribution in [1.82, 2.24) is 9.88 Å². The fraction of sp³-hybridized carbons (Fsp3) is 0.414. The number of anilines is 2. The molecule has 0 bridgehead atoms. The number of carbonyl (C=O) groups is 2. The second kappa shape index (κ2) is 10.3. The molecule has 0 spiro atoms. The van der Waals surface area contributed by atoms with Gasteiger partial charge >= 0.3 is 6.03 Å². The van der Waals surface area contributed by atoms with Crippen LogP contribution in [0.5, 0.6) is 5.75 Å². The van der Waals surface area contributed by atoms with Crippen molar-refractivity contribution < 1.29 is 18.7 Å². The van der Waals surface area contributed by atoms with E-state index in [9.17, 15) is 9.59 Å². The highest BCUT2D eigenvalue weighted by Gasteiger charge is 2.35. The average molecular weight is 503 g/mol. The third-order valence-electron chi connectivity index (χ3n) is 7.73. The van der Waals surface area contributed by atoms with Gasteiger partial charge in [0.2, 0.25) is 5.91 Å². The highest BCUT2D eigenvalue weighted by atomic mass is 16.5. The molecule has 0 atom stereocenters. The maximum Gasteiger partial charge on any atom is 0.322 e. The van der Waals surface area contributed by atoms with Crippen molar-refractivity contribution in [1.29, 1.82) is 0 Å². The fourth-order valence-corrected chi connectivity index (χ4v) is 5.54. The minimum atomic E-state index is -0.0861. The summed E-state index contributed by atoms with van der Waals surface area (Å²) in [6.07, 6.45) is 5.35. The van der Waals surface area contributed by atoms with Crippen LogP contribution in [-0.2, 0) is 17.8 Å². The van der Waals surface area contributed by atoms with Crippen LogP contribution in [0.1, 0.15) is 55.0 Å². The van der Waals surface area contributed by atoms with Gasteiger partial charge in [-0.2, -0.15) is 0 Å². The summed E-state index contributed by atoms with van der Waals surface area (Å²) in [4.78, 5) is 32.3. The first kappa shape index (κ1) is 24.9. The minimum absolute atomic E-state index is 0.0278. The SMILES string of the molecule is CCc1ncoc1-c1cc(C)c2c(c1)NC(=O)N(C1CCC(C(=O)Nc3ccc(C)c(OC)c3)CC1)C2. The van der Waals surface area contributed by atoms with Crippen LogP contribution < -0.4 is 15.4 Å². The van der Waals surface area contributed by atoms with Crippen LogP contribution in [0.2, 0.25) is 0 Å². The van der Waals surface area contributed by atoms with Crippen molar-refractivity contribution in [2.45, 2.75) is 65.5 Å². The molecule has 8 heteroatoms. The minimum Gasteiger partial charge on any atom is -0.496 e. The van der Waals surface area contributed by atoms with Crippen molar-refractivity contribution in [2.75, 3.05) is 17.7 Å². The largest absolute Gasteiger partial charge is 0.496 e. The maximum absolute atomic E-state index is 13.1. The van der Waals surface area contributed by atoms with Gasteiger partial charge < -0.3 is 24.7 Å². The van der Waals surface area contributed by atoms with Gasteiger partial charge in [0.25, 0.3) is 0 Å². The Morgan fingerprint density at radius 3 is 2.68 bits per heavy atom. The van der Waals surface area contributed by atoms with E-state index in [0.717, 1.165) is 82.9 Å². The molecule has 2 heterocycles. The summed E-state index contributed by atoms with van der Waals surface area (Å²) >= 11 is 0. The van der Waals surface area contributed by atoms with Gasteiger partial charge in [0, 0.05) is 35.0 Å². The number of urea groups is 1. The molecule has 8 nitrogen and oxygen atoms in total. The number of rotatable bonds is 6. The molecule has 0 radical (unpaired) electrons. The zero-order valence-electron chi connectivity index (χ0n) is 21.9. The number of nitrogens with zero attached hydrogens (tertiary/aromatic N) is 2. The van der Waals surface area contributed by atoms with Gasteiger partial charge in [-0.3, -0.25) is 4.79 Å². The van der Waals surface area contributed by atoms with E-state index in [0.29, 0.717) is 6.54 Å². The summed E-state index contributed by atoms with van der Waals surface area (Å²) in [6, 6.07) is 9.81. The molecule has 37 heavy (non-hydrogen) atoms. The lowest BCUT2D eigenvalue weighted by Gasteiger charge is -2.39. The van der Waals surface area contributed by atoms with Gasteiger partial charge in [-0.1, -0.05) is 13.0 Å². The second-order valence-corrected chi connectivity index (χ2v) is 10.0. The van der Waals surface area contributed by atoms with Crippen LogP contribution in [0, 0.1) is 19.8 Å². The van der Waals surface area contributed by atoms with Crippen molar-refractivity contribution in [3.63, 3.8) is 0 Å². The average Bonchev–Trinajstić information content (AvgIpc) is 3.38. The number of aromatic nitrogens is 1. The van der Waals surface area contributed by atoms with E-state index in [1.165, 1.54) is 6.39 Å². The number of nitrogens with one attached hydrogen (secondary N) is 2. The Bertz CT molecular complexity index is 1320. The Labute approximate surface area is 217 Å². The Morgan fingerprint density at radius 2 is 1.95 bits per heavy atom. The molecule has 1 fully saturated rings. The maximum atomic E-state index is 13.1. The molecule has 2 aliphatic rings. The topological polar surface area (TPSA) is 96.7 Å². The molecular weight excluding hydrogens is 468 g/mol. The van der Waals surface area contributed by atoms with Gasteiger partial charge in [0.1, 0.15) is 5.75 Å². The molecule has 2 aromatic carbocycles. The summed E-state index contributed by atoms with van der Waals surface area (Å²) in [7, 11) is 1.63. The van der Waals surface area contributed by atoms with Crippen LogP contribution in [0.25, 0.3) is 11.3 Å². The molecular formula is C29H34N4O4. The molecule has 0 unspecified atom stereocenters. The van der Waals surface area contributed by atoms with E-state index < -0.39 is 0 Å². The lowest BCUT2D eigenvalue weighted by molar-refractivity contribution is -0.121. The number of hydrogen-bond acceptors (Lipinski definition) is 5. The summed E-state index contributed by atoms with van der Waals surface area (Å²) in [5.74, 6) is 1.47. The van der Waals surface area contributed by atoms with Crippen LogP contribution in [-0.4, -0.2) is 35.0 Å². The standard InChI is InChI=1S/C29H34N4O4/c1-5-24-27(37-16-30-24)20-12-18(3)23-15-33(29(35)32-25(23)13-20)22-10-7-19(8-11-22)28(34)31-21-9-6-17(2)26(14-21)36-4/h6,9,12-14,16,19,22H,5,7-8,10-11,15H2,1-4H3,(H,31,34)(H,32,35). The summed E-state index contributed by atoms with van der Waals surface area (Å²) in [5, 5.41) is 6.14. The highest BCUT2D eigenvalue weighted by Crippen LogP contribution is 2.37. The van der Waals surface area contributed by atoms with E-state index in [1.807, 2.05) is 43.0 Å². The molecule has 2 N–H and O–H groups in total. The number of ether oxygens (including phenoxy) is 1. The Kier molecular flexibility index (Phi) is 6.91. The number of fused-ring (bicyclic) bond motifs is 1. The van der Waals surface area contributed by atoms with Gasteiger partial charge in [-0.25, -0.2) is 9.78 Å². The molecule has 1 aliphatic heterocycles. The van der Waals surface area contributed by atoms with Gasteiger partial charge in [-0.05, 0) is 80.8 Å². The molecule has 1 aromatic heterocycles. The van der Waals surface area contributed by atoms with E-state index in [1.54, 1.807) is 7.11 Å². The lowest BCUT2D eigenvalue weighted by Crippen LogP contribution is -2.47. The predicted molar refractivity (Wildman–Crippen MR) is 143 cm³/mol. The number of benzene rings is 2. The number of carbonyl (C=O) groups excluding carboxylic acids is 2. The molecule has 3 amide bonds. The fourth-order valence-electron chi connectivity index (χ4n) is 5.54. The number of hydrogen-bond donors (Lipinski definition) is 2. The van der Waals surface area contributed by atoms with E-state index >= 15 is 0 Å². The molecule has 3 aromatic rings. The molecule has 194 valence electrons. The smallest absolute Gasteiger partial charge is 0.322 e. The third kappa shape index (κ3) is 4.92. The number of amides is 3. The van der Waals surface area contributed by atoms with Crippen molar-refractivity contribution in [2.24, 2.45) is 5.92 Å².